The van der Waals surface area contributed by atoms with Crippen molar-refractivity contribution in [1.29, 1.82) is 0 Å². The van der Waals surface area contributed by atoms with E-state index >= 15 is 0 Å². The summed E-state index contributed by atoms with van der Waals surface area (Å²) < 4.78 is 5.14. The average Bonchev–Trinajstić information content (AvgIpc) is 2.69. The van der Waals surface area contributed by atoms with Crippen molar-refractivity contribution in [2.45, 2.75) is 26.2 Å². The molecule has 0 saturated heterocycles. The summed E-state index contributed by atoms with van der Waals surface area (Å²) in [7, 11) is 1.77. The smallest absolute Gasteiger partial charge is 0.289 e. The number of hydrogen-bond donors (Lipinski definition) is 1. The summed E-state index contributed by atoms with van der Waals surface area (Å²) in [4.78, 5) is 13.5. The molecule has 0 saturated carbocycles. The Hall–Kier alpha value is -1.29. The summed E-state index contributed by atoms with van der Waals surface area (Å²) in [6, 6.07) is 1.78. The van der Waals surface area contributed by atoms with Gasteiger partial charge in [-0.05, 0) is 32.3 Å². The first kappa shape index (κ1) is 12.8. The van der Waals surface area contributed by atoms with E-state index in [0.717, 1.165) is 24.8 Å². The SMILES string of the molecule is Cc1ccoc1C(=O)N(C)CCCCCO. The highest BCUT2D eigenvalue weighted by molar-refractivity contribution is 5.92. The van der Waals surface area contributed by atoms with Gasteiger partial charge in [0.05, 0.1) is 6.26 Å². The van der Waals surface area contributed by atoms with Crippen molar-refractivity contribution in [2.75, 3.05) is 20.2 Å². The van der Waals surface area contributed by atoms with Crippen molar-refractivity contribution in [3.8, 4) is 0 Å². The van der Waals surface area contributed by atoms with Crippen LogP contribution in [0.1, 0.15) is 35.4 Å². The predicted octanol–water partition coefficient (Wildman–Crippen LogP) is 1.82. The molecule has 16 heavy (non-hydrogen) atoms. The van der Waals surface area contributed by atoms with Gasteiger partial charge in [-0.3, -0.25) is 4.79 Å². The first-order valence-corrected chi connectivity index (χ1v) is 5.57. The molecule has 0 bridgehead atoms. The minimum atomic E-state index is -0.0773. The number of amides is 1. The Bertz CT molecular complexity index is 333. The van der Waals surface area contributed by atoms with Gasteiger partial charge < -0.3 is 14.4 Å². The van der Waals surface area contributed by atoms with Gasteiger partial charge in [-0.25, -0.2) is 0 Å². The maximum Gasteiger partial charge on any atom is 0.289 e. The van der Waals surface area contributed by atoms with Gasteiger partial charge in [0.1, 0.15) is 0 Å². The number of rotatable bonds is 6. The highest BCUT2D eigenvalue weighted by atomic mass is 16.3. The number of carbonyl (C=O) groups excluding carboxylic acids is 1. The zero-order chi connectivity index (χ0) is 12.0. The molecule has 0 fully saturated rings. The average molecular weight is 225 g/mol. The standard InChI is InChI=1S/C12H19NO3/c1-10-6-9-16-11(10)12(15)13(2)7-4-3-5-8-14/h6,9,14H,3-5,7-8H2,1-2H3. The van der Waals surface area contributed by atoms with Gasteiger partial charge >= 0.3 is 0 Å². The normalized spacial score (nSPS) is 10.4. The molecule has 0 aromatic carbocycles. The minimum absolute atomic E-state index is 0.0773. The van der Waals surface area contributed by atoms with Crippen LogP contribution in [0.3, 0.4) is 0 Å². The fourth-order valence-electron chi connectivity index (χ4n) is 1.50. The molecule has 0 aliphatic rings. The number of hydrogen-bond acceptors (Lipinski definition) is 3. The summed E-state index contributed by atoms with van der Waals surface area (Å²) in [5.41, 5.74) is 0.868. The van der Waals surface area contributed by atoms with Crippen LogP contribution in [-0.2, 0) is 0 Å². The molecule has 0 radical (unpaired) electrons. The molecule has 4 nitrogen and oxygen atoms in total. The highest BCUT2D eigenvalue weighted by Gasteiger charge is 2.16. The number of furan rings is 1. The fourth-order valence-corrected chi connectivity index (χ4v) is 1.50. The van der Waals surface area contributed by atoms with Crippen LogP contribution < -0.4 is 0 Å². The zero-order valence-electron chi connectivity index (χ0n) is 9.90. The number of aliphatic hydroxyl groups is 1. The van der Waals surface area contributed by atoms with Crippen molar-refractivity contribution < 1.29 is 14.3 Å². The number of aryl methyl sites for hydroxylation is 1. The third-order valence-corrected chi connectivity index (χ3v) is 2.55. The van der Waals surface area contributed by atoms with Gasteiger partial charge in [0.25, 0.3) is 5.91 Å². The Morgan fingerprint density at radius 2 is 2.19 bits per heavy atom. The van der Waals surface area contributed by atoms with Crippen LogP contribution >= 0.6 is 0 Å². The van der Waals surface area contributed by atoms with Gasteiger partial charge in [-0.15, -0.1) is 0 Å². The Morgan fingerprint density at radius 1 is 1.44 bits per heavy atom. The Balaban J connectivity index is 2.40. The molecule has 1 rings (SSSR count). The zero-order valence-corrected chi connectivity index (χ0v) is 9.90. The lowest BCUT2D eigenvalue weighted by Gasteiger charge is -2.15. The third kappa shape index (κ3) is 3.38. The topological polar surface area (TPSA) is 53.7 Å². The summed E-state index contributed by atoms with van der Waals surface area (Å²) in [6.45, 7) is 2.77. The molecule has 0 aliphatic heterocycles. The van der Waals surface area contributed by atoms with Crippen LogP contribution in [-0.4, -0.2) is 36.1 Å². The van der Waals surface area contributed by atoms with Crippen LogP contribution in [0.5, 0.6) is 0 Å². The number of aliphatic hydroxyl groups excluding tert-OH is 1. The molecule has 1 heterocycles. The molecule has 4 heteroatoms. The Morgan fingerprint density at radius 3 is 2.75 bits per heavy atom. The van der Waals surface area contributed by atoms with Crippen LogP contribution in [0.15, 0.2) is 16.7 Å². The third-order valence-electron chi connectivity index (χ3n) is 2.55. The van der Waals surface area contributed by atoms with Crippen molar-refractivity contribution in [3.63, 3.8) is 0 Å². The molecule has 1 N–H and O–H groups in total. The van der Waals surface area contributed by atoms with Crippen LogP contribution in [0.4, 0.5) is 0 Å². The molecule has 0 unspecified atom stereocenters. The fraction of sp³-hybridized carbons (Fsp3) is 0.583. The summed E-state index contributed by atoms with van der Waals surface area (Å²) >= 11 is 0. The number of unbranched alkanes of at least 4 members (excludes halogenated alkanes) is 2. The monoisotopic (exact) mass is 225 g/mol. The van der Waals surface area contributed by atoms with Crippen molar-refractivity contribution in [1.82, 2.24) is 4.90 Å². The van der Waals surface area contributed by atoms with E-state index in [1.54, 1.807) is 18.0 Å². The van der Waals surface area contributed by atoms with Gasteiger partial charge in [-0.1, -0.05) is 0 Å². The van der Waals surface area contributed by atoms with E-state index in [4.69, 9.17) is 9.52 Å². The van der Waals surface area contributed by atoms with E-state index in [-0.39, 0.29) is 12.5 Å². The summed E-state index contributed by atoms with van der Waals surface area (Å²) in [6.07, 6.45) is 4.16. The molecule has 1 aromatic rings. The Kier molecular flexibility index (Phi) is 5.05. The van der Waals surface area contributed by atoms with E-state index in [1.165, 1.54) is 6.26 Å². The highest BCUT2D eigenvalue weighted by Crippen LogP contribution is 2.11. The van der Waals surface area contributed by atoms with E-state index in [9.17, 15) is 4.79 Å². The van der Waals surface area contributed by atoms with Gasteiger partial charge in [-0.2, -0.15) is 0 Å². The minimum Gasteiger partial charge on any atom is -0.459 e. The predicted molar refractivity (Wildman–Crippen MR) is 61.3 cm³/mol. The molecule has 1 aromatic heterocycles. The molecule has 0 aliphatic carbocycles. The second kappa shape index (κ2) is 6.33. The largest absolute Gasteiger partial charge is 0.459 e. The van der Waals surface area contributed by atoms with Crippen molar-refractivity contribution in [2.24, 2.45) is 0 Å². The molecule has 90 valence electrons. The molecular formula is C12H19NO3. The lowest BCUT2D eigenvalue weighted by Crippen LogP contribution is -2.27. The van der Waals surface area contributed by atoms with Gasteiger partial charge in [0.2, 0.25) is 0 Å². The van der Waals surface area contributed by atoms with E-state index < -0.39 is 0 Å². The molecule has 1 amide bonds. The van der Waals surface area contributed by atoms with E-state index in [2.05, 4.69) is 0 Å². The maximum atomic E-state index is 11.9. The first-order valence-electron chi connectivity index (χ1n) is 5.57. The Labute approximate surface area is 95.9 Å². The second-order valence-corrected chi connectivity index (χ2v) is 3.94. The summed E-state index contributed by atoms with van der Waals surface area (Å²) in [5, 5.41) is 8.63. The summed E-state index contributed by atoms with van der Waals surface area (Å²) in [5.74, 6) is 0.344. The molecular weight excluding hydrogens is 206 g/mol. The van der Waals surface area contributed by atoms with Crippen molar-refractivity contribution >= 4 is 5.91 Å². The lowest BCUT2D eigenvalue weighted by atomic mass is 10.2. The number of nitrogens with zero attached hydrogens (tertiary/aromatic N) is 1. The van der Waals surface area contributed by atoms with Crippen LogP contribution in [0.25, 0.3) is 0 Å². The van der Waals surface area contributed by atoms with E-state index in [1.807, 2.05) is 6.92 Å². The quantitative estimate of drug-likeness (QED) is 0.751. The maximum absolute atomic E-state index is 11.9. The first-order chi connectivity index (χ1) is 7.66. The lowest BCUT2D eigenvalue weighted by molar-refractivity contribution is 0.0759. The van der Waals surface area contributed by atoms with Crippen LogP contribution in [0, 0.1) is 6.92 Å². The van der Waals surface area contributed by atoms with Gasteiger partial charge in [0, 0.05) is 25.8 Å². The number of carbonyl (C=O) groups is 1. The van der Waals surface area contributed by atoms with E-state index in [0.29, 0.717) is 12.3 Å². The van der Waals surface area contributed by atoms with Crippen LogP contribution in [0.2, 0.25) is 0 Å². The second-order valence-electron chi connectivity index (χ2n) is 3.94. The van der Waals surface area contributed by atoms with Crippen molar-refractivity contribution in [3.05, 3.63) is 23.7 Å². The van der Waals surface area contributed by atoms with Gasteiger partial charge in [0.15, 0.2) is 5.76 Å². The molecule has 0 spiro atoms. The molecule has 0 atom stereocenters.